The molecule has 134 valence electrons. The Labute approximate surface area is 145 Å². The number of hydrogen-bond acceptors (Lipinski definition) is 4. The topological polar surface area (TPSA) is 63.7 Å². The van der Waals surface area contributed by atoms with Crippen LogP contribution in [0.1, 0.15) is 51.0 Å². The number of carbonyl (C=O) groups is 1. The van der Waals surface area contributed by atoms with Crippen LogP contribution in [0.3, 0.4) is 0 Å². The van der Waals surface area contributed by atoms with Crippen LogP contribution in [0.2, 0.25) is 0 Å². The molecule has 0 amide bonds. The number of aryl methyl sites for hydroxylation is 1. The first-order valence-corrected chi connectivity index (χ1v) is 10.1. The smallest absolute Gasteiger partial charge is 0.245 e. The molecule has 0 aromatic heterocycles. The van der Waals surface area contributed by atoms with E-state index in [9.17, 15) is 13.2 Å². The number of benzene rings is 1. The third kappa shape index (κ3) is 4.43. The zero-order valence-corrected chi connectivity index (χ0v) is 15.3. The van der Waals surface area contributed by atoms with E-state index in [4.69, 9.17) is 4.74 Å². The molecule has 0 bridgehead atoms. The summed E-state index contributed by atoms with van der Waals surface area (Å²) in [7, 11) is -3.62. The lowest BCUT2D eigenvalue weighted by atomic mass is 9.99. The van der Waals surface area contributed by atoms with E-state index in [0.717, 1.165) is 24.7 Å². The van der Waals surface area contributed by atoms with E-state index >= 15 is 0 Å². The molecule has 1 aliphatic rings. The van der Waals surface area contributed by atoms with E-state index in [0.29, 0.717) is 37.2 Å². The Kier molecular flexibility index (Phi) is 6.95. The summed E-state index contributed by atoms with van der Waals surface area (Å²) >= 11 is 0. The van der Waals surface area contributed by atoms with Crippen molar-refractivity contribution in [2.45, 2.75) is 69.5 Å². The SMILES string of the molecule is CCOC1CCCC(CCCC=O)N1S(=O)(=O)c1ccc(C)cc1. The Balaban J connectivity index is 2.32. The normalized spacial score (nSPS) is 22.4. The summed E-state index contributed by atoms with van der Waals surface area (Å²) in [5, 5.41) is 0. The molecule has 0 radical (unpaired) electrons. The molecule has 1 heterocycles. The van der Waals surface area contributed by atoms with Gasteiger partial charge in [-0.2, -0.15) is 4.31 Å². The fourth-order valence-electron chi connectivity index (χ4n) is 3.26. The first kappa shape index (κ1) is 19.1. The van der Waals surface area contributed by atoms with Crippen LogP contribution in [0.4, 0.5) is 0 Å². The monoisotopic (exact) mass is 353 g/mol. The molecule has 24 heavy (non-hydrogen) atoms. The molecule has 1 aromatic rings. The molecule has 0 aliphatic carbocycles. The molecule has 1 aromatic carbocycles. The predicted molar refractivity (Wildman–Crippen MR) is 93.2 cm³/mol. The zero-order chi connectivity index (χ0) is 17.6. The van der Waals surface area contributed by atoms with Gasteiger partial charge in [0, 0.05) is 19.1 Å². The fourth-order valence-corrected chi connectivity index (χ4v) is 5.06. The van der Waals surface area contributed by atoms with Crippen molar-refractivity contribution in [3.63, 3.8) is 0 Å². The summed E-state index contributed by atoms with van der Waals surface area (Å²) in [4.78, 5) is 10.9. The molecule has 1 aliphatic heterocycles. The second-order valence-electron chi connectivity index (χ2n) is 6.24. The number of aldehydes is 1. The van der Waals surface area contributed by atoms with Gasteiger partial charge in [-0.05, 0) is 58.1 Å². The molecule has 0 spiro atoms. The van der Waals surface area contributed by atoms with Gasteiger partial charge in [0.15, 0.2) is 0 Å². The Hall–Kier alpha value is -1.24. The van der Waals surface area contributed by atoms with Gasteiger partial charge >= 0.3 is 0 Å². The summed E-state index contributed by atoms with van der Waals surface area (Å²) in [5.74, 6) is 0. The minimum absolute atomic E-state index is 0.110. The molecular formula is C18H27NO4S. The maximum atomic E-state index is 13.2. The largest absolute Gasteiger partial charge is 0.362 e. The van der Waals surface area contributed by atoms with Gasteiger partial charge in [-0.25, -0.2) is 8.42 Å². The summed E-state index contributed by atoms with van der Waals surface area (Å²) in [6.07, 6.45) is 4.79. The molecule has 1 saturated heterocycles. The standard InChI is InChI=1S/C18H27NO4S/c1-3-23-18-9-6-8-16(7-4-5-14-20)19(18)24(21,22)17-12-10-15(2)11-13-17/h10-14,16,18H,3-9H2,1-2H3. The predicted octanol–water partition coefficient (Wildman–Crippen LogP) is 3.27. The van der Waals surface area contributed by atoms with Crippen molar-refractivity contribution in [1.29, 1.82) is 0 Å². The van der Waals surface area contributed by atoms with Crippen LogP contribution in [-0.4, -0.2) is 37.9 Å². The second kappa shape index (κ2) is 8.74. The summed E-state index contributed by atoms with van der Waals surface area (Å²) < 4.78 is 33.7. The lowest BCUT2D eigenvalue weighted by molar-refractivity contribution is -0.108. The minimum Gasteiger partial charge on any atom is -0.362 e. The number of nitrogens with zero attached hydrogens (tertiary/aromatic N) is 1. The maximum Gasteiger partial charge on any atom is 0.245 e. The van der Waals surface area contributed by atoms with Crippen LogP contribution in [0.25, 0.3) is 0 Å². The number of ether oxygens (including phenoxy) is 1. The van der Waals surface area contributed by atoms with E-state index in [1.807, 2.05) is 26.0 Å². The highest BCUT2D eigenvalue weighted by Crippen LogP contribution is 2.32. The van der Waals surface area contributed by atoms with Crippen molar-refractivity contribution >= 4 is 16.3 Å². The molecule has 6 heteroatoms. The Morgan fingerprint density at radius 1 is 1.25 bits per heavy atom. The van der Waals surface area contributed by atoms with Gasteiger partial charge in [0.2, 0.25) is 10.0 Å². The van der Waals surface area contributed by atoms with Crippen LogP contribution in [-0.2, 0) is 19.6 Å². The highest BCUT2D eigenvalue weighted by Gasteiger charge is 2.40. The van der Waals surface area contributed by atoms with E-state index in [-0.39, 0.29) is 6.04 Å². The van der Waals surface area contributed by atoms with Crippen molar-refractivity contribution in [2.24, 2.45) is 0 Å². The molecule has 0 saturated carbocycles. The van der Waals surface area contributed by atoms with Crippen LogP contribution in [0, 0.1) is 6.92 Å². The Morgan fingerprint density at radius 3 is 2.58 bits per heavy atom. The minimum atomic E-state index is -3.62. The highest BCUT2D eigenvalue weighted by molar-refractivity contribution is 7.89. The average Bonchev–Trinajstić information content (AvgIpc) is 2.56. The summed E-state index contributed by atoms with van der Waals surface area (Å²) in [6, 6.07) is 6.83. The molecule has 5 nitrogen and oxygen atoms in total. The quantitative estimate of drug-likeness (QED) is 0.531. The number of unbranched alkanes of at least 4 members (excludes halogenated alkanes) is 1. The van der Waals surface area contributed by atoms with Gasteiger partial charge in [-0.1, -0.05) is 17.7 Å². The number of carbonyl (C=O) groups excluding carboxylic acids is 1. The number of hydrogen-bond donors (Lipinski definition) is 0. The molecule has 0 N–H and O–H groups in total. The highest BCUT2D eigenvalue weighted by atomic mass is 32.2. The summed E-state index contributed by atoms with van der Waals surface area (Å²) in [5.41, 5.74) is 1.02. The van der Waals surface area contributed by atoms with Gasteiger partial charge in [0.05, 0.1) is 4.90 Å². The van der Waals surface area contributed by atoms with Gasteiger partial charge in [-0.15, -0.1) is 0 Å². The molecule has 2 unspecified atom stereocenters. The fraction of sp³-hybridized carbons (Fsp3) is 0.611. The maximum absolute atomic E-state index is 13.2. The van der Waals surface area contributed by atoms with Gasteiger partial charge in [0.25, 0.3) is 0 Å². The number of sulfonamides is 1. The lowest BCUT2D eigenvalue weighted by Gasteiger charge is -2.40. The van der Waals surface area contributed by atoms with E-state index < -0.39 is 16.3 Å². The lowest BCUT2D eigenvalue weighted by Crippen LogP contribution is -2.51. The van der Waals surface area contributed by atoms with Crippen LogP contribution in [0.15, 0.2) is 29.2 Å². The van der Waals surface area contributed by atoms with Crippen molar-refractivity contribution in [1.82, 2.24) is 4.31 Å². The third-order valence-electron chi connectivity index (χ3n) is 4.45. The van der Waals surface area contributed by atoms with Gasteiger partial charge in [-0.3, -0.25) is 0 Å². The van der Waals surface area contributed by atoms with Crippen LogP contribution in [0.5, 0.6) is 0 Å². The van der Waals surface area contributed by atoms with Crippen LogP contribution >= 0.6 is 0 Å². The molecule has 2 atom stereocenters. The van der Waals surface area contributed by atoms with Crippen molar-refractivity contribution in [2.75, 3.05) is 6.61 Å². The zero-order valence-electron chi connectivity index (χ0n) is 14.5. The number of piperidine rings is 1. The van der Waals surface area contributed by atoms with E-state index in [1.165, 1.54) is 0 Å². The van der Waals surface area contributed by atoms with Crippen molar-refractivity contribution in [3.8, 4) is 0 Å². The molecule has 2 rings (SSSR count). The van der Waals surface area contributed by atoms with E-state index in [1.54, 1.807) is 16.4 Å². The first-order valence-electron chi connectivity index (χ1n) is 8.66. The summed E-state index contributed by atoms with van der Waals surface area (Å²) in [6.45, 7) is 4.29. The Morgan fingerprint density at radius 2 is 1.96 bits per heavy atom. The molecule has 1 fully saturated rings. The van der Waals surface area contributed by atoms with Crippen molar-refractivity contribution < 1.29 is 17.9 Å². The van der Waals surface area contributed by atoms with Crippen LogP contribution < -0.4 is 0 Å². The van der Waals surface area contributed by atoms with Gasteiger partial charge in [0.1, 0.15) is 12.5 Å². The van der Waals surface area contributed by atoms with E-state index in [2.05, 4.69) is 0 Å². The van der Waals surface area contributed by atoms with Gasteiger partial charge < -0.3 is 9.53 Å². The Bertz CT molecular complexity index is 625. The first-order chi connectivity index (χ1) is 11.5. The molecular weight excluding hydrogens is 326 g/mol. The average molecular weight is 353 g/mol. The number of rotatable bonds is 8. The second-order valence-corrected chi connectivity index (χ2v) is 8.08. The van der Waals surface area contributed by atoms with Crippen molar-refractivity contribution in [3.05, 3.63) is 29.8 Å². The third-order valence-corrected chi connectivity index (χ3v) is 6.40.